The van der Waals surface area contributed by atoms with Gasteiger partial charge in [-0.15, -0.1) is 23.2 Å². The maximum Gasteiger partial charge on any atom is 0.147 e. The van der Waals surface area contributed by atoms with Gasteiger partial charge in [0.2, 0.25) is 0 Å². The standard InChI is InChI=1S/C39H40Cl2N4O/c1-5-37-42-33-23-29(11-17-35(33)44(37)31-13-7-27(8-14-31)19-21-40)25(3)39(46)26(4)30-12-18-36-34(24-30)43-38(6-2)45(36)32-15-9-28(10-16-32)20-22-41/h7-18,23-26H,5-6,19-22H2,1-4H3. The smallest absolute Gasteiger partial charge is 0.147 e. The summed E-state index contributed by atoms with van der Waals surface area (Å²) < 4.78 is 4.43. The molecule has 2 heterocycles. The number of halogens is 2. The van der Waals surface area contributed by atoms with E-state index in [1.165, 1.54) is 11.1 Å². The molecule has 0 amide bonds. The zero-order valence-electron chi connectivity index (χ0n) is 26.9. The zero-order chi connectivity index (χ0) is 32.4. The van der Waals surface area contributed by atoms with E-state index in [1.807, 2.05) is 13.8 Å². The van der Waals surface area contributed by atoms with Crippen molar-refractivity contribution in [3.05, 3.63) is 119 Å². The highest BCUT2D eigenvalue weighted by molar-refractivity contribution is 6.18. The molecular formula is C39H40Cl2N4O. The lowest BCUT2D eigenvalue weighted by Gasteiger charge is -2.17. The van der Waals surface area contributed by atoms with Gasteiger partial charge in [0, 0.05) is 47.8 Å². The van der Waals surface area contributed by atoms with Crippen LogP contribution in [0.5, 0.6) is 0 Å². The van der Waals surface area contributed by atoms with Gasteiger partial charge in [-0.05, 0) is 83.6 Å². The van der Waals surface area contributed by atoms with Gasteiger partial charge in [0.25, 0.3) is 0 Å². The highest BCUT2D eigenvalue weighted by Gasteiger charge is 2.25. The van der Waals surface area contributed by atoms with Crippen LogP contribution in [0.25, 0.3) is 33.4 Å². The number of aromatic nitrogens is 4. The summed E-state index contributed by atoms with van der Waals surface area (Å²) in [5, 5.41) is 0. The quantitative estimate of drug-likeness (QED) is 0.124. The highest BCUT2D eigenvalue weighted by atomic mass is 35.5. The molecule has 5 nitrogen and oxygen atoms in total. The maximum absolute atomic E-state index is 13.9. The van der Waals surface area contributed by atoms with Crippen LogP contribution in [0.4, 0.5) is 0 Å². The Morgan fingerprint density at radius 1 is 0.630 bits per heavy atom. The fourth-order valence-corrected chi connectivity index (χ4v) is 6.87. The van der Waals surface area contributed by atoms with Crippen LogP contribution in [-0.4, -0.2) is 36.6 Å². The minimum absolute atomic E-state index is 0.175. The lowest BCUT2D eigenvalue weighted by molar-refractivity contribution is -0.121. The van der Waals surface area contributed by atoms with Crippen molar-refractivity contribution in [2.45, 2.75) is 65.2 Å². The Labute approximate surface area is 281 Å². The first-order chi connectivity index (χ1) is 22.4. The number of alkyl halides is 2. The summed E-state index contributed by atoms with van der Waals surface area (Å²) >= 11 is 11.9. The molecule has 0 aliphatic carbocycles. The Bertz CT molecular complexity index is 1850. The monoisotopic (exact) mass is 650 g/mol. The normalized spacial score (nSPS) is 13.0. The molecule has 2 unspecified atom stereocenters. The second-order valence-corrected chi connectivity index (χ2v) is 12.7. The number of benzene rings is 4. The van der Waals surface area contributed by atoms with Crippen molar-refractivity contribution in [2.24, 2.45) is 0 Å². The van der Waals surface area contributed by atoms with Gasteiger partial charge in [-0.3, -0.25) is 13.9 Å². The Kier molecular flexibility index (Phi) is 9.62. The number of imidazole rings is 2. The number of ketones is 1. The lowest BCUT2D eigenvalue weighted by Crippen LogP contribution is -2.16. The number of nitrogens with zero attached hydrogens (tertiary/aromatic N) is 4. The second-order valence-electron chi connectivity index (χ2n) is 12.0. The molecule has 7 heteroatoms. The fourth-order valence-electron chi connectivity index (χ4n) is 6.43. The number of hydrogen-bond donors (Lipinski definition) is 0. The minimum atomic E-state index is -0.282. The van der Waals surface area contributed by atoms with Crippen LogP contribution in [-0.2, 0) is 30.5 Å². The third-order valence-corrected chi connectivity index (χ3v) is 9.52. The molecule has 0 spiro atoms. The minimum Gasteiger partial charge on any atom is -0.298 e. The maximum atomic E-state index is 13.9. The lowest BCUT2D eigenvalue weighted by atomic mass is 9.85. The van der Waals surface area contributed by atoms with E-state index in [4.69, 9.17) is 33.2 Å². The Morgan fingerprint density at radius 2 is 1.02 bits per heavy atom. The first kappa shape index (κ1) is 32.0. The number of aryl methyl sites for hydroxylation is 4. The molecule has 0 N–H and O–H groups in total. The topological polar surface area (TPSA) is 52.7 Å². The Morgan fingerprint density at radius 3 is 1.37 bits per heavy atom. The number of carbonyl (C=O) groups excluding carboxylic acids is 1. The third-order valence-electron chi connectivity index (χ3n) is 9.14. The van der Waals surface area contributed by atoms with Crippen molar-refractivity contribution in [2.75, 3.05) is 11.8 Å². The van der Waals surface area contributed by atoms with E-state index < -0.39 is 0 Å². The van der Waals surface area contributed by atoms with E-state index in [0.29, 0.717) is 11.8 Å². The van der Waals surface area contributed by atoms with Crippen molar-refractivity contribution in [3.63, 3.8) is 0 Å². The molecule has 6 rings (SSSR count). The number of rotatable bonds is 12. The number of carbonyl (C=O) groups is 1. The molecule has 2 aromatic heterocycles. The van der Waals surface area contributed by atoms with Crippen LogP contribution in [0.3, 0.4) is 0 Å². The summed E-state index contributed by atoms with van der Waals surface area (Å²) in [7, 11) is 0. The van der Waals surface area contributed by atoms with Gasteiger partial charge in [-0.2, -0.15) is 0 Å². The molecule has 4 aromatic carbocycles. The molecule has 2 atom stereocenters. The summed E-state index contributed by atoms with van der Waals surface area (Å²) in [4.78, 5) is 23.9. The summed E-state index contributed by atoms with van der Waals surface area (Å²) in [6.07, 6.45) is 3.30. The predicted molar refractivity (Wildman–Crippen MR) is 192 cm³/mol. The van der Waals surface area contributed by atoms with Crippen molar-refractivity contribution in [1.29, 1.82) is 0 Å². The molecule has 0 aliphatic rings. The average Bonchev–Trinajstić information content (AvgIpc) is 3.65. The Hall–Kier alpha value is -3.93. The number of fused-ring (bicyclic) bond motifs is 2. The van der Waals surface area contributed by atoms with Crippen LogP contribution >= 0.6 is 23.2 Å². The third kappa shape index (κ3) is 6.11. The fraction of sp³-hybridized carbons (Fsp3) is 0.308. The van der Waals surface area contributed by atoms with Gasteiger partial charge in [0.1, 0.15) is 17.4 Å². The van der Waals surface area contributed by atoms with Crippen LogP contribution in [0.1, 0.15) is 73.4 Å². The summed E-state index contributed by atoms with van der Waals surface area (Å²) in [5.74, 6) is 2.82. The van der Waals surface area contributed by atoms with E-state index in [-0.39, 0.29) is 17.6 Å². The van der Waals surface area contributed by atoms with Crippen LogP contribution in [0.15, 0.2) is 84.9 Å². The molecule has 0 radical (unpaired) electrons. The highest BCUT2D eigenvalue weighted by Crippen LogP contribution is 2.32. The van der Waals surface area contributed by atoms with Gasteiger partial charge in [0.15, 0.2) is 0 Å². The largest absolute Gasteiger partial charge is 0.298 e. The van der Waals surface area contributed by atoms with Crippen molar-refractivity contribution >= 4 is 51.1 Å². The summed E-state index contributed by atoms with van der Waals surface area (Å²) in [6.45, 7) is 8.25. The molecule has 46 heavy (non-hydrogen) atoms. The van der Waals surface area contributed by atoms with Crippen LogP contribution in [0.2, 0.25) is 0 Å². The number of Topliss-reactive ketones (excluding diaryl/α,β-unsaturated/α-hetero) is 1. The second kappa shape index (κ2) is 13.8. The van der Waals surface area contributed by atoms with Crippen molar-refractivity contribution < 1.29 is 4.79 Å². The van der Waals surface area contributed by atoms with Crippen LogP contribution < -0.4 is 0 Å². The SMILES string of the molecule is CCc1nc2cc(C(C)C(=O)C(C)c3ccc4c(c3)nc(CC)n4-c3ccc(CCCl)cc3)ccc2n1-c1ccc(CCCl)cc1. The van der Waals surface area contributed by atoms with E-state index in [0.717, 1.165) is 81.9 Å². The molecule has 0 aliphatic heterocycles. The van der Waals surface area contributed by atoms with Gasteiger partial charge < -0.3 is 0 Å². The zero-order valence-corrected chi connectivity index (χ0v) is 28.4. The Balaban J connectivity index is 1.26. The van der Waals surface area contributed by atoms with Gasteiger partial charge in [-0.25, -0.2) is 9.97 Å². The molecule has 0 saturated carbocycles. The summed E-state index contributed by atoms with van der Waals surface area (Å²) in [5.41, 5.74) is 10.4. The molecule has 0 bridgehead atoms. The average molecular weight is 652 g/mol. The first-order valence-electron chi connectivity index (χ1n) is 16.2. The number of hydrogen-bond acceptors (Lipinski definition) is 3. The molecule has 0 fully saturated rings. The predicted octanol–water partition coefficient (Wildman–Crippen LogP) is 9.53. The van der Waals surface area contributed by atoms with E-state index in [9.17, 15) is 4.79 Å². The summed E-state index contributed by atoms with van der Waals surface area (Å²) in [6, 6.07) is 29.6. The van der Waals surface area contributed by atoms with Gasteiger partial charge in [-0.1, -0.05) is 64.1 Å². The molecule has 6 aromatic rings. The van der Waals surface area contributed by atoms with E-state index in [2.05, 4.69) is 108 Å². The molecule has 0 saturated heterocycles. The van der Waals surface area contributed by atoms with E-state index >= 15 is 0 Å². The van der Waals surface area contributed by atoms with Gasteiger partial charge in [0.05, 0.1) is 22.1 Å². The molecular weight excluding hydrogens is 611 g/mol. The van der Waals surface area contributed by atoms with Crippen molar-refractivity contribution in [3.8, 4) is 11.4 Å². The first-order valence-corrected chi connectivity index (χ1v) is 17.3. The van der Waals surface area contributed by atoms with Crippen molar-refractivity contribution in [1.82, 2.24) is 19.1 Å². The van der Waals surface area contributed by atoms with Gasteiger partial charge >= 0.3 is 0 Å². The molecule has 236 valence electrons. The van der Waals surface area contributed by atoms with Crippen LogP contribution in [0, 0.1) is 0 Å². The van der Waals surface area contributed by atoms with E-state index in [1.54, 1.807) is 0 Å².